The van der Waals surface area contributed by atoms with Crippen LogP contribution < -0.4 is 0 Å². The second-order valence-electron chi connectivity index (χ2n) is 4.63. The minimum atomic E-state index is -0.344. The molecule has 3 rings (SSSR count). The minimum absolute atomic E-state index is 0.344. The van der Waals surface area contributed by atoms with Gasteiger partial charge in [0.1, 0.15) is 11.2 Å². The average molecular weight is 243 g/mol. The van der Waals surface area contributed by atoms with Crippen molar-refractivity contribution in [1.29, 1.82) is 5.26 Å². The number of hydrogen-bond donors (Lipinski definition) is 1. The third-order valence-corrected chi connectivity index (χ3v) is 4.61. The van der Waals surface area contributed by atoms with E-state index in [0.29, 0.717) is 0 Å². The molecular formula is C13H13N3S. The van der Waals surface area contributed by atoms with Gasteiger partial charge in [-0.1, -0.05) is 0 Å². The summed E-state index contributed by atoms with van der Waals surface area (Å²) < 4.78 is 0. The normalized spacial score (nSPS) is 17.4. The Morgan fingerprint density at radius 2 is 2.35 bits per heavy atom. The Labute approximate surface area is 104 Å². The molecule has 4 heteroatoms. The molecule has 0 unspecified atom stereocenters. The molecule has 0 radical (unpaired) electrons. The monoisotopic (exact) mass is 243 g/mol. The predicted octanol–water partition coefficient (Wildman–Crippen LogP) is 3.39. The van der Waals surface area contributed by atoms with Crippen molar-refractivity contribution in [2.45, 2.75) is 31.6 Å². The quantitative estimate of drug-likeness (QED) is 0.879. The molecule has 1 aliphatic rings. The summed E-state index contributed by atoms with van der Waals surface area (Å²) in [4.78, 5) is 8.95. The second-order valence-corrected chi connectivity index (χ2v) is 5.54. The number of aromatic nitrogens is 2. The van der Waals surface area contributed by atoms with Gasteiger partial charge < -0.3 is 4.98 Å². The van der Waals surface area contributed by atoms with Crippen molar-refractivity contribution in [1.82, 2.24) is 9.97 Å². The highest BCUT2D eigenvalue weighted by Gasteiger charge is 2.41. The number of thiophene rings is 1. The van der Waals surface area contributed by atoms with E-state index in [2.05, 4.69) is 34.4 Å². The Bertz CT molecular complexity index is 584. The third kappa shape index (κ3) is 1.50. The number of nitriles is 1. The lowest BCUT2D eigenvalue weighted by Crippen LogP contribution is -2.33. The van der Waals surface area contributed by atoms with E-state index in [1.165, 1.54) is 10.4 Å². The summed E-state index contributed by atoms with van der Waals surface area (Å²) in [6, 6.07) is 4.52. The molecule has 0 saturated heterocycles. The Morgan fingerprint density at radius 3 is 2.88 bits per heavy atom. The molecular weight excluding hydrogens is 230 g/mol. The van der Waals surface area contributed by atoms with Gasteiger partial charge in [0.05, 0.1) is 22.8 Å². The summed E-state index contributed by atoms with van der Waals surface area (Å²) in [7, 11) is 0. The van der Waals surface area contributed by atoms with Crippen molar-refractivity contribution in [3.05, 3.63) is 29.0 Å². The van der Waals surface area contributed by atoms with Crippen LogP contribution in [0, 0.1) is 18.3 Å². The first-order chi connectivity index (χ1) is 8.25. The first-order valence-electron chi connectivity index (χ1n) is 5.76. The number of rotatable bonds is 2. The topological polar surface area (TPSA) is 52.5 Å². The highest BCUT2D eigenvalue weighted by Crippen LogP contribution is 2.42. The smallest absolute Gasteiger partial charge is 0.127 e. The Morgan fingerprint density at radius 1 is 1.53 bits per heavy atom. The van der Waals surface area contributed by atoms with Gasteiger partial charge in [-0.2, -0.15) is 5.26 Å². The van der Waals surface area contributed by atoms with Crippen molar-refractivity contribution in [2.75, 3.05) is 0 Å². The molecule has 1 fully saturated rings. The Hall–Kier alpha value is -1.60. The molecule has 0 bridgehead atoms. The standard InChI is InChI=1S/C13H13N3S/c1-9-3-6-17-11(9)10-7-15-12(16-10)13(8-14)4-2-5-13/h3,6-7H,2,4-5H2,1H3,(H,15,16). The molecule has 0 atom stereocenters. The molecule has 0 spiro atoms. The lowest BCUT2D eigenvalue weighted by molar-refractivity contribution is 0.309. The minimum Gasteiger partial charge on any atom is -0.340 e. The third-order valence-electron chi connectivity index (χ3n) is 3.56. The van der Waals surface area contributed by atoms with Gasteiger partial charge in [-0.3, -0.25) is 0 Å². The number of aryl methyl sites for hydroxylation is 1. The van der Waals surface area contributed by atoms with Crippen LogP contribution in [0.3, 0.4) is 0 Å². The van der Waals surface area contributed by atoms with Gasteiger partial charge in [-0.05, 0) is 43.2 Å². The lowest BCUT2D eigenvalue weighted by atomic mass is 9.69. The van der Waals surface area contributed by atoms with E-state index in [1.54, 1.807) is 11.3 Å². The molecule has 0 aliphatic heterocycles. The van der Waals surface area contributed by atoms with Crippen molar-refractivity contribution in [3.8, 4) is 16.6 Å². The summed E-state index contributed by atoms with van der Waals surface area (Å²) in [6.07, 6.45) is 4.84. The number of aromatic amines is 1. The number of hydrogen-bond acceptors (Lipinski definition) is 3. The van der Waals surface area contributed by atoms with Crippen LogP contribution in [0.4, 0.5) is 0 Å². The fourth-order valence-electron chi connectivity index (χ4n) is 2.26. The van der Waals surface area contributed by atoms with E-state index in [9.17, 15) is 5.26 Å². The van der Waals surface area contributed by atoms with Crippen LogP contribution in [0.2, 0.25) is 0 Å². The van der Waals surface area contributed by atoms with E-state index in [0.717, 1.165) is 30.8 Å². The number of H-pyrrole nitrogens is 1. The fraction of sp³-hybridized carbons (Fsp3) is 0.385. The van der Waals surface area contributed by atoms with Crippen molar-refractivity contribution < 1.29 is 0 Å². The first-order valence-corrected chi connectivity index (χ1v) is 6.64. The molecule has 1 saturated carbocycles. The van der Waals surface area contributed by atoms with Gasteiger partial charge in [-0.15, -0.1) is 11.3 Å². The molecule has 1 N–H and O–H groups in total. The van der Waals surface area contributed by atoms with Crippen LogP contribution >= 0.6 is 11.3 Å². The number of nitrogens with one attached hydrogen (secondary N) is 1. The van der Waals surface area contributed by atoms with Crippen LogP contribution in [0.1, 0.15) is 30.7 Å². The van der Waals surface area contributed by atoms with E-state index < -0.39 is 0 Å². The van der Waals surface area contributed by atoms with Crippen LogP contribution in [-0.2, 0) is 5.41 Å². The summed E-state index contributed by atoms with van der Waals surface area (Å²) in [5.74, 6) is 0.842. The van der Waals surface area contributed by atoms with Gasteiger partial charge in [-0.25, -0.2) is 4.98 Å². The largest absolute Gasteiger partial charge is 0.340 e. The van der Waals surface area contributed by atoms with Gasteiger partial charge in [0.25, 0.3) is 0 Å². The number of nitrogens with zero attached hydrogens (tertiary/aromatic N) is 2. The average Bonchev–Trinajstić information content (AvgIpc) is 2.86. The summed E-state index contributed by atoms with van der Waals surface area (Å²) in [5.41, 5.74) is 1.95. The SMILES string of the molecule is Cc1ccsc1-c1cnc(C2(C#N)CCC2)[nH]1. The zero-order valence-corrected chi connectivity index (χ0v) is 10.5. The second kappa shape index (κ2) is 3.71. The van der Waals surface area contributed by atoms with Crippen LogP contribution in [0.25, 0.3) is 10.6 Å². The van der Waals surface area contributed by atoms with Crippen molar-refractivity contribution in [2.24, 2.45) is 0 Å². The molecule has 0 amide bonds. The molecule has 3 nitrogen and oxygen atoms in total. The predicted molar refractivity (Wildman–Crippen MR) is 67.8 cm³/mol. The maximum Gasteiger partial charge on any atom is 0.127 e. The number of imidazole rings is 1. The Balaban J connectivity index is 1.99. The molecule has 2 aromatic rings. The van der Waals surface area contributed by atoms with Gasteiger partial charge >= 0.3 is 0 Å². The van der Waals surface area contributed by atoms with E-state index in [1.807, 2.05) is 6.20 Å². The summed E-state index contributed by atoms with van der Waals surface area (Å²) in [5, 5.41) is 11.4. The zero-order chi connectivity index (χ0) is 11.9. The van der Waals surface area contributed by atoms with Crippen molar-refractivity contribution >= 4 is 11.3 Å². The maximum atomic E-state index is 9.28. The molecule has 0 aromatic carbocycles. The maximum absolute atomic E-state index is 9.28. The molecule has 2 heterocycles. The fourth-order valence-corrected chi connectivity index (χ4v) is 3.15. The van der Waals surface area contributed by atoms with E-state index >= 15 is 0 Å². The van der Waals surface area contributed by atoms with Gasteiger partial charge in [0.2, 0.25) is 0 Å². The Kier molecular flexibility index (Phi) is 2.30. The van der Waals surface area contributed by atoms with Gasteiger partial charge in [0.15, 0.2) is 0 Å². The highest BCUT2D eigenvalue weighted by atomic mass is 32.1. The van der Waals surface area contributed by atoms with Crippen LogP contribution in [-0.4, -0.2) is 9.97 Å². The summed E-state index contributed by atoms with van der Waals surface area (Å²) in [6.45, 7) is 2.09. The highest BCUT2D eigenvalue weighted by molar-refractivity contribution is 7.13. The zero-order valence-electron chi connectivity index (χ0n) is 9.66. The lowest BCUT2D eigenvalue weighted by Gasteiger charge is -2.32. The van der Waals surface area contributed by atoms with Crippen LogP contribution in [0.15, 0.2) is 17.6 Å². The van der Waals surface area contributed by atoms with Gasteiger partial charge in [0, 0.05) is 0 Å². The molecule has 17 heavy (non-hydrogen) atoms. The molecule has 2 aromatic heterocycles. The van der Waals surface area contributed by atoms with Crippen LogP contribution in [0.5, 0.6) is 0 Å². The van der Waals surface area contributed by atoms with E-state index in [4.69, 9.17) is 0 Å². The molecule has 86 valence electrons. The summed E-state index contributed by atoms with van der Waals surface area (Å²) >= 11 is 1.71. The van der Waals surface area contributed by atoms with Crippen molar-refractivity contribution in [3.63, 3.8) is 0 Å². The van der Waals surface area contributed by atoms with E-state index in [-0.39, 0.29) is 5.41 Å². The molecule has 1 aliphatic carbocycles. The first kappa shape index (κ1) is 10.5.